The minimum atomic E-state index is -1.03. The molecule has 0 unspecified atom stereocenters. The monoisotopic (exact) mass is 234 g/mol. The number of rotatable bonds is 7. The van der Waals surface area contributed by atoms with E-state index in [1.807, 2.05) is 18.2 Å². The Labute approximate surface area is 101 Å². The van der Waals surface area contributed by atoms with E-state index in [2.05, 4.69) is 12.1 Å². The van der Waals surface area contributed by atoms with Gasteiger partial charge < -0.3 is 10.2 Å². The van der Waals surface area contributed by atoms with Crippen molar-refractivity contribution in [1.29, 1.82) is 0 Å². The third-order valence-corrected chi connectivity index (χ3v) is 2.60. The summed E-state index contributed by atoms with van der Waals surface area (Å²) < 4.78 is 0. The molecular formula is C14H18O3. The van der Waals surface area contributed by atoms with Crippen LogP contribution in [0.4, 0.5) is 0 Å². The van der Waals surface area contributed by atoms with Gasteiger partial charge in [0.15, 0.2) is 0 Å². The maximum Gasteiger partial charge on any atom is 0.333 e. The summed E-state index contributed by atoms with van der Waals surface area (Å²) in [5, 5.41) is 17.5. The molecule has 1 rings (SSSR count). The van der Waals surface area contributed by atoms with Gasteiger partial charge in [0.25, 0.3) is 0 Å². The quantitative estimate of drug-likeness (QED) is 0.562. The molecule has 3 heteroatoms. The lowest BCUT2D eigenvalue weighted by Crippen LogP contribution is -2.04. The van der Waals surface area contributed by atoms with Crippen molar-refractivity contribution in [1.82, 2.24) is 0 Å². The number of aliphatic hydroxyl groups is 1. The van der Waals surface area contributed by atoms with Crippen molar-refractivity contribution in [3.05, 3.63) is 47.5 Å². The lowest BCUT2D eigenvalue weighted by atomic mass is 10.1. The first-order valence-electron chi connectivity index (χ1n) is 5.81. The molecule has 0 atom stereocenters. The highest BCUT2D eigenvalue weighted by molar-refractivity contribution is 5.86. The summed E-state index contributed by atoms with van der Waals surface area (Å²) in [5.74, 6) is -1.03. The van der Waals surface area contributed by atoms with Crippen LogP contribution in [0.3, 0.4) is 0 Å². The normalized spacial score (nSPS) is 11.5. The lowest BCUT2D eigenvalue weighted by Gasteiger charge is -2.00. The molecule has 0 aliphatic carbocycles. The second-order valence-electron chi connectivity index (χ2n) is 3.92. The number of carbonyl (C=O) groups is 1. The minimum Gasteiger partial charge on any atom is -0.478 e. The van der Waals surface area contributed by atoms with E-state index in [4.69, 9.17) is 10.2 Å². The molecule has 1 aromatic carbocycles. The Kier molecular flexibility index (Phi) is 6.04. The zero-order valence-corrected chi connectivity index (χ0v) is 9.80. The van der Waals surface area contributed by atoms with Crippen molar-refractivity contribution in [2.24, 2.45) is 0 Å². The summed E-state index contributed by atoms with van der Waals surface area (Å²) in [6.07, 6.45) is 5.28. The Morgan fingerprint density at radius 1 is 1.18 bits per heavy atom. The van der Waals surface area contributed by atoms with Gasteiger partial charge in [-0.15, -0.1) is 0 Å². The van der Waals surface area contributed by atoms with Crippen LogP contribution in [0.15, 0.2) is 42.0 Å². The Hall–Kier alpha value is -1.61. The number of carboxylic acids is 1. The maximum absolute atomic E-state index is 10.6. The number of aliphatic hydroxyl groups excluding tert-OH is 1. The van der Waals surface area contributed by atoms with E-state index in [9.17, 15) is 4.79 Å². The molecule has 0 fully saturated rings. The second kappa shape index (κ2) is 7.63. The molecular weight excluding hydrogens is 216 g/mol. The largest absolute Gasteiger partial charge is 0.478 e. The zero-order chi connectivity index (χ0) is 12.5. The molecule has 0 spiro atoms. The first kappa shape index (κ1) is 13.5. The number of aryl methyl sites for hydroxylation is 1. The summed E-state index contributed by atoms with van der Waals surface area (Å²) in [7, 11) is 0. The van der Waals surface area contributed by atoms with Crippen molar-refractivity contribution in [3.8, 4) is 0 Å². The van der Waals surface area contributed by atoms with Gasteiger partial charge in [-0.2, -0.15) is 0 Å². The average Bonchev–Trinajstić information content (AvgIpc) is 2.34. The molecule has 0 aliphatic rings. The maximum atomic E-state index is 10.6. The van der Waals surface area contributed by atoms with E-state index < -0.39 is 12.6 Å². The Morgan fingerprint density at radius 3 is 2.47 bits per heavy atom. The van der Waals surface area contributed by atoms with Gasteiger partial charge in [0, 0.05) is 0 Å². The zero-order valence-electron chi connectivity index (χ0n) is 9.80. The van der Waals surface area contributed by atoms with Gasteiger partial charge >= 0.3 is 5.97 Å². The molecule has 0 saturated carbocycles. The van der Waals surface area contributed by atoms with E-state index in [1.54, 1.807) is 6.08 Å². The molecule has 2 N–H and O–H groups in total. The van der Waals surface area contributed by atoms with E-state index >= 15 is 0 Å². The van der Waals surface area contributed by atoms with Crippen LogP contribution < -0.4 is 0 Å². The van der Waals surface area contributed by atoms with Crippen molar-refractivity contribution in [3.63, 3.8) is 0 Å². The molecule has 0 aromatic heterocycles. The number of hydrogen-bond acceptors (Lipinski definition) is 2. The molecule has 0 saturated heterocycles. The van der Waals surface area contributed by atoms with Crippen LogP contribution in [0.2, 0.25) is 0 Å². The molecule has 0 heterocycles. The minimum absolute atomic E-state index is 0.0877. The van der Waals surface area contributed by atoms with Gasteiger partial charge in [-0.25, -0.2) is 4.79 Å². The van der Waals surface area contributed by atoms with Gasteiger partial charge in [-0.1, -0.05) is 36.4 Å². The predicted octanol–water partition coefficient (Wildman–Crippen LogP) is 2.40. The predicted molar refractivity (Wildman–Crippen MR) is 66.8 cm³/mol. The van der Waals surface area contributed by atoms with Gasteiger partial charge in [0.2, 0.25) is 0 Å². The number of aliphatic carboxylic acids is 1. The average molecular weight is 234 g/mol. The van der Waals surface area contributed by atoms with Crippen LogP contribution in [0, 0.1) is 0 Å². The molecule has 3 nitrogen and oxygen atoms in total. The number of allylic oxidation sites excluding steroid dienone is 1. The van der Waals surface area contributed by atoms with Crippen molar-refractivity contribution in [2.45, 2.75) is 25.7 Å². The number of hydrogen-bond donors (Lipinski definition) is 2. The Bertz CT molecular complexity index is 368. The molecule has 92 valence electrons. The molecule has 0 bridgehead atoms. The highest BCUT2D eigenvalue weighted by Crippen LogP contribution is 2.07. The van der Waals surface area contributed by atoms with Crippen LogP contribution in [-0.2, 0) is 11.2 Å². The molecule has 0 radical (unpaired) electrons. The van der Waals surface area contributed by atoms with Gasteiger partial charge in [-0.3, -0.25) is 0 Å². The summed E-state index contributed by atoms with van der Waals surface area (Å²) in [4.78, 5) is 10.6. The molecule has 1 aromatic rings. The van der Waals surface area contributed by atoms with Crippen molar-refractivity contribution in [2.75, 3.05) is 6.61 Å². The first-order valence-corrected chi connectivity index (χ1v) is 5.81. The number of benzene rings is 1. The van der Waals surface area contributed by atoms with Crippen LogP contribution in [0.5, 0.6) is 0 Å². The van der Waals surface area contributed by atoms with E-state index in [0.29, 0.717) is 6.42 Å². The van der Waals surface area contributed by atoms with Crippen molar-refractivity contribution < 1.29 is 15.0 Å². The van der Waals surface area contributed by atoms with E-state index in [-0.39, 0.29) is 5.57 Å². The standard InChI is InChI=1S/C14H18O3/c15-11-13(14(16)17)10-6-2-5-9-12-7-3-1-4-8-12/h1,3-4,7-8,10,15H,2,5-6,9,11H2,(H,16,17). The van der Waals surface area contributed by atoms with Crippen LogP contribution in [0.25, 0.3) is 0 Å². The summed E-state index contributed by atoms with van der Waals surface area (Å²) >= 11 is 0. The first-order chi connectivity index (χ1) is 8.24. The fourth-order valence-corrected chi connectivity index (χ4v) is 1.61. The number of carboxylic acid groups (broad SMARTS) is 1. The van der Waals surface area contributed by atoms with Gasteiger partial charge in [-0.05, 0) is 31.2 Å². The highest BCUT2D eigenvalue weighted by Gasteiger charge is 2.03. The Balaban J connectivity index is 2.23. The van der Waals surface area contributed by atoms with Crippen LogP contribution >= 0.6 is 0 Å². The summed E-state index contributed by atoms with van der Waals surface area (Å²) in [5.41, 5.74) is 1.39. The third kappa shape index (κ3) is 5.31. The van der Waals surface area contributed by atoms with E-state index in [1.165, 1.54) is 5.56 Å². The third-order valence-electron chi connectivity index (χ3n) is 2.60. The fraction of sp³-hybridized carbons (Fsp3) is 0.357. The lowest BCUT2D eigenvalue weighted by molar-refractivity contribution is -0.133. The van der Waals surface area contributed by atoms with Gasteiger partial charge in [0.05, 0.1) is 12.2 Å². The van der Waals surface area contributed by atoms with E-state index in [0.717, 1.165) is 19.3 Å². The Morgan fingerprint density at radius 2 is 1.88 bits per heavy atom. The second-order valence-corrected chi connectivity index (χ2v) is 3.92. The van der Waals surface area contributed by atoms with Crippen LogP contribution in [-0.4, -0.2) is 22.8 Å². The van der Waals surface area contributed by atoms with Crippen LogP contribution in [0.1, 0.15) is 24.8 Å². The molecule has 17 heavy (non-hydrogen) atoms. The topological polar surface area (TPSA) is 57.5 Å². The smallest absolute Gasteiger partial charge is 0.333 e. The SMILES string of the molecule is O=C(O)C(=CCCCCc1ccccc1)CO. The summed E-state index contributed by atoms with van der Waals surface area (Å²) in [6, 6.07) is 10.2. The summed E-state index contributed by atoms with van der Waals surface area (Å²) in [6.45, 7) is -0.395. The fourth-order valence-electron chi connectivity index (χ4n) is 1.61. The number of unbranched alkanes of at least 4 members (excludes halogenated alkanes) is 2. The molecule has 0 aliphatic heterocycles. The highest BCUT2D eigenvalue weighted by atomic mass is 16.4. The molecule has 0 amide bonds. The van der Waals surface area contributed by atoms with Gasteiger partial charge in [0.1, 0.15) is 0 Å². The van der Waals surface area contributed by atoms with Crippen molar-refractivity contribution >= 4 is 5.97 Å².